The molecular formula is C20H24N4O3. The molecular weight excluding hydrogens is 344 g/mol. The summed E-state index contributed by atoms with van der Waals surface area (Å²) < 4.78 is 5.23. The van der Waals surface area contributed by atoms with Crippen molar-refractivity contribution < 1.29 is 14.3 Å². The number of carbonyl (C=O) groups is 2. The topological polar surface area (TPSA) is 75.6 Å². The van der Waals surface area contributed by atoms with Gasteiger partial charge in [-0.3, -0.25) is 9.59 Å². The molecule has 1 fully saturated rings. The number of benzene rings is 1. The molecule has 0 unspecified atom stereocenters. The molecule has 0 atom stereocenters. The van der Waals surface area contributed by atoms with E-state index < -0.39 is 0 Å². The van der Waals surface area contributed by atoms with Gasteiger partial charge in [0.1, 0.15) is 18.6 Å². The lowest BCUT2D eigenvalue weighted by atomic mass is 10.1. The van der Waals surface area contributed by atoms with E-state index in [1.54, 1.807) is 23.1 Å². The minimum atomic E-state index is -0.173. The smallest absolute Gasteiger partial charge is 0.257 e. The van der Waals surface area contributed by atoms with Crippen molar-refractivity contribution in [3.63, 3.8) is 0 Å². The van der Waals surface area contributed by atoms with E-state index >= 15 is 0 Å². The second-order valence-electron chi connectivity index (χ2n) is 6.53. The molecule has 7 nitrogen and oxygen atoms in total. The Bertz CT molecular complexity index is 824. The Morgan fingerprint density at radius 2 is 2.15 bits per heavy atom. The van der Waals surface area contributed by atoms with Crippen LogP contribution >= 0.6 is 0 Å². The summed E-state index contributed by atoms with van der Waals surface area (Å²) in [5, 5.41) is 0. The Labute approximate surface area is 159 Å². The largest absolute Gasteiger partial charge is 0.497 e. The first-order valence-electron chi connectivity index (χ1n) is 9.11. The molecule has 1 aromatic carbocycles. The average molecular weight is 368 g/mol. The van der Waals surface area contributed by atoms with Gasteiger partial charge in [0, 0.05) is 25.8 Å². The molecule has 0 saturated carbocycles. The molecule has 0 N–H and O–H groups in total. The fourth-order valence-corrected chi connectivity index (χ4v) is 3.18. The summed E-state index contributed by atoms with van der Waals surface area (Å²) in [4.78, 5) is 37.0. The van der Waals surface area contributed by atoms with Crippen LogP contribution in [0.3, 0.4) is 0 Å². The van der Waals surface area contributed by atoms with Crippen LogP contribution in [0.5, 0.6) is 5.75 Å². The highest BCUT2D eigenvalue weighted by molar-refractivity contribution is 5.97. The average Bonchev–Trinajstić information content (AvgIpc) is 2.70. The van der Waals surface area contributed by atoms with Crippen molar-refractivity contribution in [2.75, 3.05) is 26.7 Å². The minimum absolute atomic E-state index is 0.0636. The lowest BCUT2D eigenvalue weighted by Gasteiger charge is -2.34. The van der Waals surface area contributed by atoms with Crippen LogP contribution in [0.4, 0.5) is 0 Å². The van der Waals surface area contributed by atoms with Gasteiger partial charge in [0.05, 0.1) is 18.4 Å². The van der Waals surface area contributed by atoms with Crippen LogP contribution in [0.25, 0.3) is 0 Å². The number of carbonyl (C=O) groups excluding carboxylic acids is 2. The van der Waals surface area contributed by atoms with Crippen molar-refractivity contribution in [2.45, 2.75) is 26.3 Å². The molecule has 0 bridgehead atoms. The maximum atomic E-state index is 12.8. The summed E-state index contributed by atoms with van der Waals surface area (Å²) in [5.41, 5.74) is 2.24. The zero-order valence-corrected chi connectivity index (χ0v) is 15.7. The third-order valence-corrected chi connectivity index (χ3v) is 4.63. The number of hydrogen-bond donors (Lipinski definition) is 0. The molecule has 27 heavy (non-hydrogen) atoms. The summed E-state index contributed by atoms with van der Waals surface area (Å²) in [6.07, 6.45) is 4.62. The number of aromatic nitrogens is 2. The SMILES string of the molecule is CCCc1ncncc1C(=O)N1CCN(Cc2cccc(OC)c2)C(=O)C1. The third-order valence-electron chi connectivity index (χ3n) is 4.63. The number of amides is 2. The molecule has 1 aliphatic rings. The first-order chi connectivity index (χ1) is 13.1. The van der Waals surface area contributed by atoms with Crippen LogP contribution < -0.4 is 4.74 Å². The molecule has 7 heteroatoms. The van der Waals surface area contributed by atoms with Gasteiger partial charge in [0.15, 0.2) is 0 Å². The quantitative estimate of drug-likeness (QED) is 0.779. The third kappa shape index (κ3) is 4.42. The van der Waals surface area contributed by atoms with E-state index in [2.05, 4.69) is 9.97 Å². The van der Waals surface area contributed by atoms with Gasteiger partial charge in [-0.2, -0.15) is 0 Å². The van der Waals surface area contributed by atoms with E-state index in [-0.39, 0.29) is 18.4 Å². The maximum absolute atomic E-state index is 12.8. The Morgan fingerprint density at radius 1 is 1.30 bits per heavy atom. The van der Waals surface area contributed by atoms with Crippen molar-refractivity contribution in [2.24, 2.45) is 0 Å². The fraction of sp³-hybridized carbons (Fsp3) is 0.400. The van der Waals surface area contributed by atoms with E-state index in [4.69, 9.17) is 4.74 Å². The standard InChI is InChI=1S/C20H24N4O3/c1-3-5-18-17(11-21-14-22-18)20(26)24-9-8-23(19(25)13-24)12-15-6-4-7-16(10-15)27-2/h4,6-7,10-11,14H,3,5,8-9,12-13H2,1-2H3. The van der Waals surface area contributed by atoms with Gasteiger partial charge < -0.3 is 14.5 Å². The number of nitrogens with zero attached hydrogens (tertiary/aromatic N) is 4. The molecule has 142 valence electrons. The Hall–Kier alpha value is -2.96. The van der Waals surface area contributed by atoms with E-state index in [1.807, 2.05) is 31.2 Å². The summed E-state index contributed by atoms with van der Waals surface area (Å²) in [5.74, 6) is 0.529. The first-order valence-corrected chi connectivity index (χ1v) is 9.11. The molecule has 1 aromatic heterocycles. The van der Waals surface area contributed by atoms with Gasteiger partial charge in [-0.05, 0) is 24.1 Å². The highest BCUT2D eigenvalue weighted by Crippen LogP contribution is 2.17. The van der Waals surface area contributed by atoms with E-state index in [9.17, 15) is 9.59 Å². The highest BCUT2D eigenvalue weighted by atomic mass is 16.5. The van der Waals surface area contributed by atoms with Crippen LogP contribution in [0.2, 0.25) is 0 Å². The normalized spacial score (nSPS) is 14.4. The summed E-state index contributed by atoms with van der Waals surface area (Å²) in [6.45, 7) is 3.61. The number of hydrogen-bond acceptors (Lipinski definition) is 5. The molecule has 3 rings (SSSR count). The summed E-state index contributed by atoms with van der Waals surface area (Å²) >= 11 is 0. The Morgan fingerprint density at radius 3 is 2.89 bits per heavy atom. The van der Waals surface area contributed by atoms with Crippen LogP contribution in [-0.2, 0) is 17.8 Å². The number of rotatable bonds is 6. The minimum Gasteiger partial charge on any atom is -0.497 e. The highest BCUT2D eigenvalue weighted by Gasteiger charge is 2.29. The van der Waals surface area contributed by atoms with Crippen LogP contribution in [0.15, 0.2) is 36.8 Å². The van der Waals surface area contributed by atoms with Crippen molar-refractivity contribution in [1.29, 1.82) is 0 Å². The van der Waals surface area contributed by atoms with Gasteiger partial charge in [-0.1, -0.05) is 25.5 Å². The number of methoxy groups -OCH3 is 1. The van der Waals surface area contributed by atoms with Gasteiger partial charge in [0.2, 0.25) is 5.91 Å². The second kappa shape index (κ2) is 8.62. The first kappa shape index (κ1) is 18.8. The van der Waals surface area contributed by atoms with Crippen molar-refractivity contribution in [3.05, 3.63) is 53.6 Å². The second-order valence-corrected chi connectivity index (χ2v) is 6.53. The van der Waals surface area contributed by atoms with Gasteiger partial charge in [-0.15, -0.1) is 0 Å². The molecule has 1 saturated heterocycles. The Balaban J connectivity index is 1.66. The van der Waals surface area contributed by atoms with Gasteiger partial charge >= 0.3 is 0 Å². The van der Waals surface area contributed by atoms with Crippen LogP contribution in [-0.4, -0.2) is 58.3 Å². The lowest BCUT2D eigenvalue weighted by Crippen LogP contribution is -2.52. The van der Waals surface area contributed by atoms with Crippen LogP contribution in [0, 0.1) is 0 Å². The van der Waals surface area contributed by atoms with Gasteiger partial charge in [-0.25, -0.2) is 9.97 Å². The van der Waals surface area contributed by atoms with Crippen LogP contribution in [0.1, 0.15) is 35.0 Å². The number of piperazine rings is 1. The Kier molecular flexibility index (Phi) is 6.01. The number of aryl methyl sites for hydroxylation is 1. The van der Waals surface area contributed by atoms with Crippen molar-refractivity contribution in [1.82, 2.24) is 19.8 Å². The van der Waals surface area contributed by atoms with E-state index in [0.717, 1.165) is 23.4 Å². The predicted molar refractivity (Wildman–Crippen MR) is 100 cm³/mol. The molecule has 2 heterocycles. The fourth-order valence-electron chi connectivity index (χ4n) is 3.18. The van der Waals surface area contributed by atoms with Crippen molar-refractivity contribution >= 4 is 11.8 Å². The zero-order chi connectivity index (χ0) is 19.2. The number of ether oxygens (including phenoxy) is 1. The van der Waals surface area contributed by atoms with Gasteiger partial charge in [0.25, 0.3) is 5.91 Å². The molecule has 2 aromatic rings. The summed E-state index contributed by atoms with van der Waals surface area (Å²) in [6, 6.07) is 7.66. The molecule has 0 radical (unpaired) electrons. The molecule has 1 aliphatic heterocycles. The van der Waals surface area contributed by atoms with E-state index in [0.29, 0.717) is 31.6 Å². The molecule has 0 spiro atoms. The predicted octanol–water partition coefficient (Wildman–Crippen LogP) is 1.92. The maximum Gasteiger partial charge on any atom is 0.257 e. The monoisotopic (exact) mass is 368 g/mol. The van der Waals surface area contributed by atoms with Crippen molar-refractivity contribution in [3.8, 4) is 5.75 Å². The lowest BCUT2D eigenvalue weighted by molar-refractivity contribution is -0.135. The zero-order valence-electron chi connectivity index (χ0n) is 15.7. The molecule has 0 aliphatic carbocycles. The summed E-state index contributed by atoms with van der Waals surface area (Å²) in [7, 11) is 1.62. The molecule has 2 amide bonds. The van der Waals surface area contributed by atoms with E-state index in [1.165, 1.54) is 6.33 Å².